The first-order chi connectivity index (χ1) is 16.1. The number of halogens is 1. The fraction of sp³-hybridized carbons (Fsp3) is 0.111. The smallest absolute Gasteiger partial charge is 0.262 e. The van der Waals surface area contributed by atoms with Gasteiger partial charge >= 0.3 is 0 Å². The van der Waals surface area contributed by atoms with Gasteiger partial charge in [0.05, 0.1) is 10.6 Å². The van der Waals surface area contributed by atoms with Gasteiger partial charge in [-0.3, -0.25) is 4.79 Å². The van der Waals surface area contributed by atoms with Crippen LogP contribution >= 0.6 is 11.6 Å². The minimum absolute atomic E-state index is 0.112. The van der Waals surface area contributed by atoms with Crippen LogP contribution in [0, 0.1) is 0 Å². The topological polar surface area (TPSA) is 64.4 Å². The summed E-state index contributed by atoms with van der Waals surface area (Å²) in [5, 5.41) is 5.51. The Balaban J connectivity index is 1.30. The van der Waals surface area contributed by atoms with E-state index < -0.39 is 0 Å². The van der Waals surface area contributed by atoms with Crippen LogP contribution in [0.3, 0.4) is 0 Å². The van der Waals surface area contributed by atoms with Crippen molar-refractivity contribution in [2.75, 3.05) is 11.9 Å². The molecule has 1 N–H and O–H groups in total. The van der Waals surface area contributed by atoms with Gasteiger partial charge < -0.3 is 14.5 Å². The normalized spacial score (nSPS) is 11.1. The molecular formula is C27H21ClN2O3. The van der Waals surface area contributed by atoms with E-state index >= 15 is 0 Å². The maximum Gasteiger partial charge on any atom is 0.262 e. The highest BCUT2D eigenvalue weighted by molar-refractivity contribution is 6.33. The molecule has 0 saturated heterocycles. The third-order valence-corrected chi connectivity index (χ3v) is 5.76. The largest absolute Gasteiger partial charge is 0.484 e. The number of hydrogen-bond donors (Lipinski definition) is 1. The van der Waals surface area contributed by atoms with Gasteiger partial charge in [-0.1, -0.05) is 54.9 Å². The Morgan fingerprint density at radius 2 is 1.85 bits per heavy atom. The molecule has 0 bridgehead atoms. The molecular weight excluding hydrogens is 436 g/mol. The number of carbonyl (C=O) groups excluding carboxylic acids is 1. The maximum atomic E-state index is 12.5. The van der Waals surface area contributed by atoms with Crippen LogP contribution in [-0.4, -0.2) is 17.5 Å². The van der Waals surface area contributed by atoms with Gasteiger partial charge in [-0.15, -0.1) is 0 Å². The van der Waals surface area contributed by atoms with E-state index in [1.54, 1.807) is 18.2 Å². The lowest BCUT2D eigenvalue weighted by Gasteiger charge is -2.09. The molecule has 0 spiro atoms. The van der Waals surface area contributed by atoms with Crippen molar-refractivity contribution in [3.63, 3.8) is 0 Å². The van der Waals surface area contributed by atoms with Crippen molar-refractivity contribution in [1.82, 2.24) is 4.98 Å². The molecule has 0 aliphatic heterocycles. The van der Waals surface area contributed by atoms with E-state index in [9.17, 15) is 4.79 Å². The highest BCUT2D eigenvalue weighted by atomic mass is 35.5. The molecule has 4 aromatic carbocycles. The summed E-state index contributed by atoms with van der Waals surface area (Å²) in [5.74, 6) is 0.770. The van der Waals surface area contributed by atoms with Crippen LogP contribution in [0.25, 0.3) is 33.3 Å². The molecule has 0 fully saturated rings. The maximum absolute atomic E-state index is 12.5. The second-order valence-corrected chi connectivity index (χ2v) is 8.12. The summed E-state index contributed by atoms with van der Waals surface area (Å²) in [6, 6.07) is 24.9. The second-order valence-electron chi connectivity index (χ2n) is 7.72. The van der Waals surface area contributed by atoms with E-state index in [2.05, 4.69) is 17.2 Å². The van der Waals surface area contributed by atoms with Gasteiger partial charge in [-0.2, -0.15) is 0 Å². The molecule has 0 radical (unpaired) electrons. The molecule has 164 valence electrons. The zero-order valence-electron chi connectivity index (χ0n) is 18.0. The lowest BCUT2D eigenvalue weighted by Crippen LogP contribution is -2.20. The van der Waals surface area contributed by atoms with Gasteiger partial charge in [0.1, 0.15) is 11.3 Å². The van der Waals surface area contributed by atoms with Gasteiger partial charge in [0, 0.05) is 5.69 Å². The van der Waals surface area contributed by atoms with Crippen LogP contribution in [0.15, 0.2) is 83.3 Å². The Labute approximate surface area is 196 Å². The zero-order valence-corrected chi connectivity index (χ0v) is 18.7. The first-order valence-corrected chi connectivity index (χ1v) is 11.1. The Hall–Kier alpha value is -3.83. The molecule has 1 amide bonds. The predicted octanol–water partition coefficient (Wildman–Crippen LogP) is 6.88. The molecule has 0 saturated carbocycles. The Morgan fingerprint density at radius 3 is 2.70 bits per heavy atom. The molecule has 0 aliphatic carbocycles. The Morgan fingerprint density at radius 1 is 1.00 bits per heavy atom. The van der Waals surface area contributed by atoms with E-state index in [1.807, 2.05) is 60.7 Å². The fourth-order valence-electron chi connectivity index (χ4n) is 3.68. The summed E-state index contributed by atoms with van der Waals surface area (Å²) in [6.45, 7) is 1.98. The van der Waals surface area contributed by atoms with Crippen molar-refractivity contribution >= 4 is 45.1 Å². The van der Waals surface area contributed by atoms with Crippen molar-refractivity contribution in [3.8, 4) is 17.2 Å². The SMILES string of the molecule is CCc1ccc2oc(-c3cc(NC(=O)COc4ccc5ccccc5c4)ccc3Cl)nc2c1. The molecule has 0 atom stereocenters. The van der Waals surface area contributed by atoms with Crippen molar-refractivity contribution in [1.29, 1.82) is 0 Å². The summed E-state index contributed by atoms with van der Waals surface area (Å²) in [5.41, 5.74) is 3.84. The van der Waals surface area contributed by atoms with Crippen LogP contribution in [0.4, 0.5) is 5.69 Å². The third-order valence-electron chi connectivity index (χ3n) is 5.43. The average Bonchev–Trinajstić information content (AvgIpc) is 3.27. The molecule has 5 aromatic rings. The van der Waals surface area contributed by atoms with Crippen LogP contribution in [0.5, 0.6) is 5.75 Å². The molecule has 33 heavy (non-hydrogen) atoms. The number of aryl methyl sites for hydroxylation is 1. The average molecular weight is 457 g/mol. The summed E-state index contributed by atoms with van der Waals surface area (Å²) in [6.07, 6.45) is 0.918. The monoisotopic (exact) mass is 456 g/mol. The number of benzene rings is 4. The summed E-state index contributed by atoms with van der Waals surface area (Å²) < 4.78 is 11.6. The quantitative estimate of drug-likeness (QED) is 0.302. The van der Waals surface area contributed by atoms with Crippen LogP contribution in [0.2, 0.25) is 5.02 Å². The van der Waals surface area contributed by atoms with Gasteiger partial charge in [-0.05, 0) is 65.2 Å². The molecule has 5 nitrogen and oxygen atoms in total. The second kappa shape index (κ2) is 8.96. The van der Waals surface area contributed by atoms with E-state index in [-0.39, 0.29) is 12.5 Å². The van der Waals surface area contributed by atoms with Crippen molar-refractivity contribution < 1.29 is 13.9 Å². The standard InChI is InChI=1S/C27H21ClN2O3/c1-2-17-7-12-25-24(13-17)30-27(33-25)22-15-20(9-11-23(22)28)29-26(31)16-32-21-10-8-18-5-3-4-6-19(18)14-21/h3-15H,2,16H2,1H3,(H,29,31). The van der Waals surface area contributed by atoms with Crippen LogP contribution < -0.4 is 10.1 Å². The van der Waals surface area contributed by atoms with Crippen LogP contribution in [0.1, 0.15) is 12.5 Å². The number of hydrogen-bond acceptors (Lipinski definition) is 4. The van der Waals surface area contributed by atoms with E-state index in [0.29, 0.717) is 33.5 Å². The minimum Gasteiger partial charge on any atom is -0.484 e. The van der Waals surface area contributed by atoms with Gasteiger partial charge in [-0.25, -0.2) is 4.98 Å². The fourth-order valence-corrected chi connectivity index (χ4v) is 3.88. The van der Waals surface area contributed by atoms with Crippen molar-refractivity contribution in [2.24, 2.45) is 0 Å². The lowest BCUT2D eigenvalue weighted by atomic mass is 10.1. The van der Waals surface area contributed by atoms with Crippen molar-refractivity contribution in [2.45, 2.75) is 13.3 Å². The summed E-state index contributed by atoms with van der Waals surface area (Å²) in [7, 11) is 0. The van der Waals surface area contributed by atoms with E-state index in [0.717, 1.165) is 22.7 Å². The first kappa shape index (κ1) is 21.0. The highest BCUT2D eigenvalue weighted by Crippen LogP contribution is 2.32. The number of anilines is 1. The number of fused-ring (bicyclic) bond motifs is 2. The number of nitrogens with zero attached hydrogens (tertiary/aromatic N) is 1. The summed E-state index contributed by atoms with van der Waals surface area (Å²) in [4.78, 5) is 17.1. The van der Waals surface area contributed by atoms with E-state index in [1.165, 1.54) is 5.56 Å². The molecule has 1 heterocycles. The minimum atomic E-state index is -0.276. The predicted molar refractivity (Wildman–Crippen MR) is 132 cm³/mol. The molecule has 1 aromatic heterocycles. The summed E-state index contributed by atoms with van der Waals surface area (Å²) >= 11 is 6.40. The number of aromatic nitrogens is 1. The Kier molecular flexibility index (Phi) is 5.71. The third kappa shape index (κ3) is 4.54. The van der Waals surface area contributed by atoms with E-state index in [4.69, 9.17) is 20.8 Å². The lowest BCUT2D eigenvalue weighted by molar-refractivity contribution is -0.118. The van der Waals surface area contributed by atoms with Gasteiger partial charge in [0.2, 0.25) is 5.89 Å². The zero-order chi connectivity index (χ0) is 22.8. The molecule has 5 rings (SSSR count). The van der Waals surface area contributed by atoms with Gasteiger partial charge in [0.15, 0.2) is 12.2 Å². The number of carbonyl (C=O) groups is 1. The number of amides is 1. The number of nitrogens with one attached hydrogen (secondary N) is 1. The number of ether oxygens (including phenoxy) is 1. The highest BCUT2D eigenvalue weighted by Gasteiger charge is 2.14. The Bertz CT molecular complexity index is 1480. The molecule has 0 unspecified atom stereocenters. The van der Waals surface area contributed by atoms with Crippen LogP contribution in [-0.2, 0) is 11.2 Å². The number of oxazole rings is 1. The molecule has 0 aliphatic rings. The van der Waals surface area contributed by atoms with Crippen molar-refractivity contribution in [3.05, 3.63) is 89.4 Å². The molecule has 6 heteroatoms. The van der Waals surface area contributed by atoms with Gasteiger partial charge in [0.25, 0.3) is 5.91 Å². The number of rotatable bonds is 6. The first-order valence-electron chi connectivity index (χ1n) is 10.7.